The molecular formula is C11H12ClF3O2. The molecule has 1 N–H and O–H groups in total. The van der Waals surface area contributed by atoms with Gasteiger partial charge in [0, 0.05) is 5.88 Å². The molecule has 1 aromatic carbocycles. The van der Waals surface area contributed by atoms with Crippen molar-refractivity contribution in [2.75, 3.05) is 5.88 Å². The first kappa shape index (κ1) is 14.1. The second kappa shape index (κ2) is 6.12. The highest BCUT2D eigenvalue weighted by molar-refractivity contribution is 6.17. The zero-order valence-electron chi connectivity index (χ0n) is 8.88. The summed E-state index contributed by atoms with van der Waals surface area (Å²) in [5, 5.41) is 9.68. The molecule has 0 heterocycles. The minimum Gasteiger partial charge on any atom is -0.406 e. The van der Waals surface area contributed by atoms with Gasteiger partial charge in [0.05, 0.1) is 6.10 Å². The van der Waals surface area contributed by atoms with Crippen LogP contribution in [0.1, 0.15) is 24.5 Å². The van der Waals surface area contributed by atoms with Gasteiger partial charge in [0.25, 0.3) is 0 Å². The van der Waals surface area contributed by atoms with E-state index in [2.05, 4.69) is 4.74 Å². The third kappa shape index (κ3) is 5.28. The Morgan fingerprint density at radius 1 is 1.35 bits per heavy atom. The maximum atomic E-state index is 12.0. The van der Waals surface area contributed by atoms with E-state index in [0.717, 1.165) is 0 Å². The molecule has 2 nitrogen and oxygen atoms in total. The number of halogens is 4. The molecule has 0 fully saturated rings. The van der Waals surface area contributed by atoms with Crippen molar-refractivity contribution < 1.29 is 23.0 Å². The smallest absolute Gasteiger partial charge is 0.406 e. The molecule has 0 aliphatic carbocycles. The molecule has 96 valence electrons. The van der Waals surface area contributed by atoms with Crippen molar-refractivity contribution in [1.82, 2.24) is 0 Å². The fourth-order valence-corrected chi connectivity index (χ4v) is 1.51. The van der Waals surface area contributed by atoms with Gasteiger partial charge in [-0.3, -0.25) is 0 Å². The first-order chi connectivity index (χ1) is 7.92. The summed E-state index contributed by atoms with van der Waals surface area (Å²) < 4.78 is 39.7. The molecule has 0 bridgehead atoms. The number of hydrogen-bond donors (Lipinski definition) is 1. The summed E-state index contributed by atoms with van der Waals surface area (Å²) in [5.41, 5.74) is 0.386. The van der Waals surface area contributed by atoms with Crippen LogP contribution in [0, 0.1) is 0 Å². The molecule has 6 heteroatoms. The summed E-state index contributed by atoms with van der Waals surface area (Å²) in [7, 11) is 0. The maximum absolute atomic E-state index is 12.0. The Labute approximate surface area is 102 Å². The van der Waals surface area contributed by atoms with E-state index in [1.54, 1.807) is 6.07 Å². The fraction of sp³-hybridized carbons (Fsp3) is 0.455. The van der Waals surface area contributed by atoms with Crippen molar-refractivity contribution in [3.05, 3.63) is 29.8 Å². The molecule has 0 amide bonds. The Hall–Kier alpha value is -0.940. The third-order valence-corrected chi connectivity index (χ3v) is 2.35. The van der Waals surface area contributed by atoms with Crippen molar-refractivity contribution in [3.8, 4) is 5.75 Å². The number of aliphatic hydroxyl groups is 1. The van der Waals surface area contributed by atoms with Crippen molar-refractivity contribution in [3.63, 3.8) is 0 Å². The van der Waals surface area contributed by atoms with E-state index in [0.29, 0.717) is 24.3 Å². The summed E-state index contributed by atoms with van der Waals surface area (Å²) in [6.45, 7) is 0. The van der Waals surface area contributed by atoms with Gasteiger partial charge in [-0.25, -0.2) is 0 Å². The summed E-state index contributed by atoms with van der Waals surface area (Å²) >= 11 is 5.47. The molecule has 0 aromatic heterocycles. The minimum absolute atomic E-state index is 0.333. The second-order valence-electron chi connectivity index (χ2n) is 3.47. The Balaban J connectivity index is 2.71. The molecular weight excluding hydrogens is 257 g/mol. The summed E-state index contributed by atoms with van der Waals surface area (Å²) in [6, 6.07) is 5.31. The van der Waals surface area contributed by atoms with E-state index in [1.807, 2.05) is 0 Å². The van der Waals surface area contributed by atoms with Crippen LogP contribution in [0.15, 0.2) is 24.3 Å². The molecule has 0 aliphatic heterocycles. The van der Waals surface area contributed by atoms with Crippen LogP contribution in [0.5, 0.6) is 5.75 Å². The van der Waals surface area contributed by atoms with Crippen LogP contribution in [0.2, 0.25) is 0 Å². The van der Waals surface area contributed by atoms with E-state index in [1.165, 1.54) is 18.2 Å². The third-order valence-electron chi connectivity index (χ3n) is 2.09. The van der Waals surface area contributed by atoms with E-state index in [4.69, 9.17) is 11.6 Å². The molecule has 17 heavy (non-hydrogen) atoms. The molecule has 0 spiro atoms. The van der Waals surface area contributed by atoms with Crippen molar-refractivity contribution in [1.29, 1.82) is 0 Å². The lowest BCUT2D eigenvalue weighted by molar-refractivity contribution is -0.274. The van der Waals surface area contributed by atoms with Gasteiger partial charge in [-0.15, -0.1) is 24.8 Å². The van der Waals surface area contributed by atoms with Gasteiger partial charge in [0.2, 0.25) is 0 Å². The number of ether oxygens (including phenoxy) is 1. The second-order valence-corrected chi connectivity index (χ2v) is 3.85. The zero-order chi connectivity index (χ0) is 12.9. The topological polar surface area (TPSA) is 29.5 Å². The van der Waals surface area contributed by atoms with Gasteiger partial charge in [0.15, 0.2) is 0 Å². The summed E-state index contributed by atoms with van der Waals surface area (Å²) in [4.78, 5) is 0. The lowest BCUT2D eigenvalue weighted by atomic mass is 10.1. The van der Waals surface area contributed by atoms with Gasteiger partial charge in [0.1, 0.15) is 5.75 Å². The number of benzene rings is 1. The molecule has 0 saturated heterocycles. The van der Waals surface area contributed by atoms with Crippen LogP contribution in [-0.4, -0.2) is 17.3 Å². The van der Waals surface area contributed by atoms with Gasteiger partial charge in [-0.1, -0.05) is 12.1 Å². The Bertz CT molecular complexity index is 355. The maximum Gasteiger partial charge on any atom is 0.573 e. The first-order valence-electron chi connectivity index (χ1n) is 5.02. The van der Waals surface area contributed by atoms with Crippen molar-refractivity contribution >= 4 is 11.6 Å². The Kier molecular flexibility index (Phi) is 5.08. The molecule has 0 saturated carbocycles. The fourth-order valence-electron chi connectivity index (χ4n) is 1.36. The van der Waals surface area contributed by atoms with E-state index < -0.39 is 12.5 Å². The minimum atomic E-state index is -4.72. The van der Waals surface area contributed by atoms with Gasteiger partial charge >= 0.3 is 6.36 Å². The highest BCUT2D eigenvalue weighted by atomic mass is 35.5. The average Bonchev–Trinajstić information content (AvgIpc) is 2.24. The molecule has 1 rings (SSSR count). The average molecular weight is 269 g/mol. The van der Waals surface area contributed by atoms with E-state index >= 15 is 0 Å². The first-order valence-corrected chi connectivity index (χ1v) is 5.55. The van der Waals surface area contributed by atoms with Crippen LogP contribution in [-0.2, 0) is 0 Å². The van der Waals surface area contributed by atoms with Crippen molar-refractivity contribution in [2.24, 2.45) is 0 Å². The van der Waals surface area contributed by atoms with E-state index in [-0.39, 0.29) is 5.75 Å². The molecule has 0 radical (unpaired) electrons. The standard InChI is InChI=1S/C11H12ClF3O2/c12-6-2-5-10(16)8-3-1-4-9(7-8)17-11(13,14)15/h1,3-4,7,10,16H,2,5-6H2. The van der Waals surface area contributed by atoms with Crippen LogP contribution < -0.4 is 4.74 Å². The van der Waals surface area contributed by atoms with Crippen molar-refractivity contribution in [2.45, 2.75) is 25.3 Å². The van der Waals surface area contributed by atoms with Crippen LogP contribution in [0.3, 0.4) is 0 Å². The zero-order valence-corrected chi connectivity index (χ0v) is 9.63. The van der Waals surface area contributed by atoms with Crippen LogP contribution in [0.25, 0.3) is 0 Å². The molecule has 1 unspecified atom stereocenters. The highest BCUT2D eigenvalue weighted by Gasteiger charge is 2.31. The highest BCUT2D eigenvalue weighted by Crippen LogP contribution is 2.27. The lowest BCUT2D eigenvalue weighted by Crippen LogP contribution is -2.17. The monoisotopic (exact) mass is 268 g/mol. The predicted molar refractivity (Wildman–Crippen MR) is 58.0 cm³/mol. The largest absolute Gasteiger partial charge is 0.573 e. The number of rotatable bonds is 5. The summed E-state index contributed by atoms with van der Waals surface area (Å²) in [5.74, 6) is 0.0652. The van der Waals surface area contributed by atoms with Gasteiger partial charge in [-0.05, 0) is 30.5 Å². The molecule has 0 aliphatic rings. The van der Waals surface area contributed by atoms with E-state index in [9.17, 15) is 18.3 Å². The number of hydrogen-bond acceptors (Lipinski definition) is 2. The molecule has 1 aromatic rings. The Morgan fingerprint density at radius 2 is 2.06 bits per heavy atom. The normalized spacial score (nSPS) is 13.5. The number of aliphatic hydroxyl groups excluding tert-OH is 1. The summed E-state index contributed by atoms with van der Waals surface area (Å²) in [6.07, 6.45) is -4.56. The van der Waals surface area contributed by atoms with Gasteiger partial charge < -0.3 is 9.84 Å². The molecule has 1 atom stereocenters. The van der Waals surface area contributed by atoms with Gasteiger partial charge in [-0.2, -0.15) is 0 Å². The van der Waals surface area contributed by atoms with Crippen LogP contribution >= 0.6 is 11.6 Å². The SMILES string of the molecule is OC(CCCCl)c1cccc(OC(F)(F)F)c1. The number of alkyl halides is 4. The predicted octanol–water partition coefficient (Wildman–Crippen LogP) is 3.64. The lowest BCUT2D eigenvalue weighted by Gasteiger charge is -2.13. The quantitative estimate of drug-likeness (QED) is 0.826. The Morgan fingerprint density at radius 3 is 2.65 bits per heavy atom. The van der Waals surface area contributed by atoms with Crippen LogP contribution in [0.4, 0.5) is 13.2 Å².